The first-order valence-electron chi connectivity index (χ1n) is 15.3. The molecule has 2 aliphatic rings. The SMILES string of the molecule is COc1ccc(CCNC(=O)CC2c3nc(NC(=O)COc4ccccc4)sc3CC3C(C)(CO)C(O)CCC23C)cc1OC. The fourth-order valence-corrected chi connectivity index (χ4v) is 8.24. The number of amides is 2. The number of ether oxygens (including phenoxy) is 3. The van der Waals surface area contributed by atoms with Crippen molar-refractivity contribution in [3.05, 3.63) is 64.7 Å². The van der Waals surface area contributed by atoms with Gasteiger partial charge in [-0.3, -0.25) is 14.9 Å². The van der Waals surface area contributed by atoms with Crippen LogP contribution in [-0.4, -0.2) is 67.1 Å². The lowest BCUT2D eigenvalue weighted by Crippen LogP contribution is -2.57. The van der Waals surface area contributed by atoms with E-state index in [0.717, 1.165) is 16.1 Å². The molecule has 3 aromatic rings. The second-order valence-electron chi connectivity index (χ2n) is 12.5. The molecule has 1 heterocycles. The van der Waals surface area contributed by atoms with E-state index >= 15 is 0 Å². The van der Waals surface area contributed by atoms with Gasteiger partial charge in [-0.25, -0.2) is 4.98 Å². The highest BCUT2D eigenvalue weighted by atomic mass is 32.1. The Kier molecular flexibility index (Phi) is 10.0. The third-order valence-corrected chi connectivity index (χ3v) is 10.8. The zero-order chi connectivity index (χ0) is 32.2. The average molecular weight is 638 g/mol. The molecular formula is C34H43N3O7S. The van der Waals surface area contributed by atoms with Gasteiger partial charge in [0.1, 0.15) is 5.75 Å². The van der Waals surface area contributed by atoms with Crippen LogP contribution in [0.25, 0.3) is 0 Å². The molecule has 10 nitrogen and oxygen atoms in total. The molecule has 0 aliphatic heterocycles. The van der Waals surface area contributed by atoms with Crippen LogP contribution in [0.1, 0.15) is 55.2 Å². The Balaban J connectivity index is 1.33. The zero-order valence-electron chi connectivity index (χ0n) is 26.3. The quantitative estimate of drug-likeness (QED) is 0.230. The van der Waals surface area contributed by atoms with Crippen molar-refractivity contribution in [1.29, 1.82) is 0 Å². The van der Waals surface area contributed by atoms with E-state index in [1.54, 1.807) is 26.4 Å². The van der Waals surface area contributed by atoms with Gasteiger partial charge in [0.2, 0.25) is 5.91 Å². The smallest absolute Gasteiger partial charge is 0.264 e. The van der Waals surface area contributed by atoms with Crippen LogP contribution in [0.3, 0.4) is 0 Å². The number of benzene rings is 2. The van der Waals surface area contributed by atoms with Crippen molar-refractivity contribution in [3.63, 3.8) is 0 Å². The maximum Gasteiger partial charge on any atom is 0.264 e. The van der Waals surface area contributed by atoms with Crippen molar-refractivity contribution >= 4 is 28.3 Å². The number of thiazole rings is 1. The third kappa shape index (κ3) is 6.80. The van der Waals surface area contributed by atoms with Gasteiger partial charge >= 0.3 is 0 Å². The predicted octanol–water partition coefficient (Wildman–Crippen LogP) is 4.34. The maximum atomic E-state index is 13.5. The number of carbonyl (C=O) groups is 2. The molecule has 0 bridgehead atoms. The molecule has 0 saturated heterocycles. The van der Waals surface area contributed by atoms with E-state index in [9.17, 15) is 19.8 Å². The van der Waals surface area contributed by atoms with E-state index in [0.29, 0.717) is 54.6 Å². The molecule has 5 atom stereocenters. The van der Waals surface area contributed by atoms with Gasteiger partial charge in [0.05, 0.1) is 32.6 Å². The van der Waals surface area contributed by atoms with Crippen LogP contribution in [0, 0.1) is 16.7 Å². The lowest BCUT2D eigenvalue weighted by Gasteiger charge is -2.58. The topological polar surface area (TPSA) is 139 Å². The van der Waals surface area contributed by atoms with Crippen molar-refractivity contribution < 1.29 is 34.0 Å². The molecule has 1 fully saturated rings. The molecule has 2 aromatic carbocycles. The fourth-order valence-electron chi connectivity index (χ4n) is 7.16. The summed E-state index contributed by atoms with van der Waals surface area (Å²) in [5.41, 5.74) is 0.695. The van der Waals surface area contributed by atoms with Crippen LogP contribution in [0.2, 0.25) is 0 Å². The number of fused-ring (bicyclic) bond motifs is 2. The first kappa shape index (κ1) is 32.7. The van der Waals surface area contributed by atoms with Gasteiger partial charge in [-0.1, -0.05) is 38.1 Å². The lowest BCUT2D eigenvalue weighted by molar-refractivity contribution is -0.144. The standard InChI is InChI=1S/C34H43N3O7S/c1-33-14-12-28(39)34(2,20-38)27(33)18-26-31(37-32(45-26)36-30(41)19-44-22-8-6-5-7-9-22)23(33)17-29(40)35-15-13-21-10-11-24(42-3)25(16-21)43-4/h5-11,16,23,27-28,38-39H,12-15,17-20H2,1-4H3,(H,35,40)(H,36,37,41). The van der Waals surface area contributed by atoms with Crippen molar-refractivity contribution in [2.75, 3.05) is 39.3 Å². The van der Waals surface area contributed by atoms with Crippen LogP contribution in [0.4, 0.5) is 5.13 Å². The second-order valence-corrected chi connectivity index (χ2v) is 13.6. The number of hydrogen-bond acceptors (Lipinski definition) is 9. The maximum absolute atomic E-state index is 13.5. The molecule has 4 N–H and O–H groups in total. The number of nitrogens with zero attached hydrogens (tertiary/aromatic N) is 1. The summed E-state index contributed by atoms with van der Waals surface area (Å²) >= 11 is 1.39. The van der Waals surface area contributed by atoms with Gasteiger partial charge in [-0.05, 0) is 66.8 Å². The lowest BCUT2D eigenvalue weighted by atomic mass is 9.47. The fraction of sp³-hybridized carbons (Fsp3) is 0.500. The van der Waals surface area contributed by atoms with Crippen LogP contribution in [0.15, 0.2) is 48.5 Å². The Bertz CT molecular complexity index is 1500. The highest BCUT2D eigenvalue weighted by Crippen LogP contribution is 2.62. The van der Waals surface area contributed by atoms with Crippen LogP contribution >= 0.6 is 11.3 Å². The molecule has 1 saturated carbocycles. The minimum atomic E-state index is -0.732. The molecule has 1 aromatic heterocycles. The number of hydrogen-bond donors (Lipinski definition) is 4. The number of para-hydroxylation sites is 1. The summed E-state index contributed by atoms with van der Waals surface area (Å²) in [6.45, 7) is 4.23. The molecule has 2 amide bonds. The molecule has 2 aliphatic carbocycles. The normalized spacial score (nSPS) is 25.4. The molecular weight excluding hydrogens is 594 g/mol. The first-order chi connectivity index (χ1) is 21.6. The summed E-state index contributed by atoms with van der Waals surface area (Å²) in [5.74, 6) is 1.13. The van der Waals surface area contributed by atoms with Gasteiger partial charge in [-0.2, -0.15) is 0 Å². The molecule has 242 valence electrons. The molecule has 5 unspecified atom stereocenters. The van der Waals surface area contributed by atoms with Crippen LogP contribution < -0.4 is 24.8 Å². The third-order valence-electron chi connectivity index (χ3n) is 9.83. The molecule has 45 heavy (non-hydrogen) atoms. The van der Waals surface area contributed by atoms with Crippen molar-refractivity contribution in [1.82, 2.24) is 10.3 Å². The number of carbonyl (C=O) groups excluding carboxylic acids is 2. The number of aliphatic hydroxyl groups is 2. The van der Waals surface area contributed by atoms with Crippen molar-refractivity contribution in [2.24, 2.45) is 16.7 Å². The molecule has 5 rings (SSSR count). The van der Waals surface area contributed by atoms with E-state index in [4.69, 9.17) is 19.2 Å². The predicted molar refractivity (Wildman–Crippen MR) is 172 cm³/mol. The van der Waals surface area contributed by atoms with Crippen molar-refractivity contribution in [2.45, 2.75) is 58.0 Å². The first-order valence-corrected chi connectivity index (χ1v) is 16.2. The summed E-state index contributed by atoms with van der Waals surface area (Å²) in [6.07, 6.45) is 2.00. The highest BCUT2D eigenvalue weighted by Gasteiger charge is 2.59. The summed E-state index contributed by atoms with van der Waals surface area (Å²) in [7, 11) is 3.19. The van der Waals surface area contributed by atoms with Crippen LogP contribution in [0.5, 0.6) is 17.2 Å². The number of aromatic nitrogens is 1. The van der Waals surface area contributed by atoms with E-state index in [1.165, 1.54) is 11.3 Å². The monoisotopic (exact) mass is 637 g/mol. The van der Waals surface area contributed by atoms with Gasteiger partial charge in [0, 0.05) is 29.2 Å². The van der Waals surface area contributed by atoms with E-state index in [-0.39, 0.29) is 43.3 Å². The van der Waals surface area contributed by atoms with Crippen LogP contribution in [-0.2, 0) is 22.4 Å². The number of aliphatic hydroxyl groups excluding tert-OH is 2. The zero-order valence-corrected chi connectivity index (χ0v) is 27.1. The van der Waals surface area contributed by atoms with Gasteiger partial charge in [-0.15, -0.1) is 11.3 Å². The average Bonchev–Trinajstić information content (AvgIpc) is 3.45. The van der Waals surface area contributed by atoms with Gasteiger partial charge < -0.3 is 29.7 Å². The summed E-state index contributed by atoms with van der Waals surface area (Å²) < 4.78 is 16.3. The van der Waals surface area contributed by atoms with Crippen molar-refractivity contribution in [3.8, 4) is 17.2 Å². The second kappa shape index (κ2) is 13.8. The Morgan fingerprint density at radius 3 is 2.53 bits per heavy atom. The minimum Gasteiger partial charge on any atom is -0.493 e. The largest absolute Gasteiger partial charge is 0.493 e. The highest BCUT2D eigenvalue weighted by molar-refractivity contribution is 7.15. The van der Waals surface area contributed by atoms with E-state index < -0.39 is 16.9 Å². The molecule has 0 spiro atoms. The Morgan fingerprint density at radius 1 is 1.07 bits per heavy atom. The van der Waals surface area contributed by atoms with Gasteiger partial charge in [0.15, 0.2) is 23.2 Å². The summed E-state index contributed by atoms with van der Waals surface area (Å²) in [6, 6.07) is 14.8. The van der Waals surface area contributed by atoms with Gasteiger partial charge in [0.25, 0.3) is 5.91 Å². The Hall–Kier alpha value is -3.67. The minimum absolute atomic E-state index is 0.0822. The summed E-state index contributed by atoms with van der Waals surface area (Å²) in [5, 5.41) is 28.0. The molecule has 11 heteroatoms. The number of nitrogens with one attached hydrogen (secondary N) is 2. The van der Waals surface area contributed by atoms with E-state index in [1.807, 2.05) is 43.3 Å². The Morgan fingerprint density at radius 2 is 1.82 bits per heavy atom. The van der Waals surface area contributed by atoms with E-state index in [2.05, 4.69) is 17.6 Å². The number of rotatable bonds is 12. The Labute approximate surface area is 268 Å². The summed E-state index contributed by atoms with van der Waals surface area (Å²) in [4.78, 5) is 32.1. The number of anilines is 1. The molecule has 0 radical (unpaired) electrons. The number of methoxy groups -OCH3 is 2.